The van der Waals surface area contributed by atoms with Gasteiger partial charge < -0.3 is 5.32 Å². The molecule has 0 spiro atoms. The number of benzene rings is 1. The van der Waals surface area contributed by atoms with Crippen LogP contribution < -0.4 is 5.32 Å². The Morgan fingerprint density at radius 1 is 1.33 bits per heavy atom. The molecule has 2 heterocycles. The second-order valence-corrected chi connectivity index (χ2v) is 7.67. The zero-order valence-corrected chi connectivity index (χ0v) is 17.6. The number of amides is 1. The Morgan fingerprint density at radius 2 is 2.15 bits per heavy atom. The number of hydrogen-bond acceptors (Lipinski definition) is 3. The average molecular weight is 451 g/mol. The van der Waals surface area contributed by atoms with Crippen LogP contribution in [0.3, 0.4) is 0 Å². The molecule has 0 saturated carbocycles. The van der Waals surface area contributed by atoms with Crippen molar-refractivity contribution < 1.29 is 4.79 Å². The van der Waals surface area contributed by atoms with E-state index in [9.17, 15) is 4.79 Å². The predicted molar refractivity (Wildman–Crippen MR) is 109 cm³/mol. The Morgan fingerprint density at radius 3 is 2.81 bits per heavy atom. The maximum atomic E-state index is 12.4. The van der Waals surface area contributed by atoms with E-state index < -0.39 is 0 Å². The van der Waals surface area contributed by atoms with Gasteiger partial charge in [-0.05, 0) is 53.9 Å². The van der Waals surface area contributed by atoms with Crippen LogP contribution in [0, 0.1) is 13.8 Å². The number of rotatable bonds is 7. The summed E-state index contributed by atoms with van der Waals surface area (Å²) in [6.07, 6.45) is 4.43. The molecule has 0 fully saturated rings. The van der Waals surface area contributed by atoms with Gasteiger partial charge in [0.05, 0.1) is 33.6 Å². The number of carbonyl (C=O) groups excluding carboxylic acids is 1. The van der Waals surface area contributed by atoms with Crippen molar-refractivity contribution in [2.24, 2.45) is 0 Å². The molecule has 1 aromatic carbocycles. The van der Waals surface area contributed by atoms with E-state index in [2.05, 4.69) is 31.4 Å². The second-order valence-electron chi connectivity index (χ2n) is 6.37. The van der Waals surface area contributed by atoms with Gasteiger partial charge in [-0.25, -0.2) is 0 Å². The predicted octanol–water partition coefficient (Wildman–Crippen LogP) is 3.98. The molecule has 0 atom stereocenters. The number of aryl methyl sites for hydroxylation is 2. The van der Waals surface area contributed by atoms with Crippen molar-refractivity contribution in [3.63, 3.8) is 0 Å². The zero-order valence-electron chi connectivity index (χ0n) is 15.2. The van der Waals surface area contributed by atoms with Gasteiger partial charge in [0.15, 0.2) is 0 Å². The summed E-state index contributed by atoms with van der Waals surface area (Å²) in [4.78, 5) is 12.4. The minimum atomic E-state index is -0.0788. The Bertz CT molecular complexity index is 949. The summed E-state index contributed by atoms with van der Waals surface area (Å²) >= 11 is 9.54. The smallest absolute Gasteiger partial charge is 0.251 e. The monoisotopic (exact) mass is 449 g/mol. The van der Waals surface area contributed by atoms with Crippen LogP contribution in [-0.2, 0) is 13.1 Å². The highest BCUT2D eigenvalue weighted by atomic mass is 79.9. The van der Waals surface area contributed by atoms with E-state index in [0.717, 1.165) is 27.8 Å². The summed E-state index contributed by atoms with van der Waals surface area (Å²) in [5.41, 5.74) is 3.46. The van der Waals surface area contributed by atoms with Crippen LogP contribution >= 0.6 is 27.5 Å². The molecule has 3 rings (SSSR count). The minimum absolute atomic E-state index is 0.0788. The third-order valence-corrected chi connectivity index (χ3v) is 5.22. The SMILES string of the molecule is Cc1nn(CCCNC(=O)c2cccc(Cn3cc(Br)cn3)c2)c(C)c1Cl. The molecule has 0 saturated heterocycles. The molecule has 0 aliphatic heterocycles. The third kappa shape index (κ3) is 4.99. The third-order valence-electron chi connectivity index (χ3n) is 4.26. The van der Waals surface area contributed by atoms with E-state index in [1.54, 1.807) is 6.20 Å². The van der Waals surface area contributed by atoms with Crippen molar-refractivity contribution in [3.05, 3.63) is 68.7 Å². The number of nitrogens with one attached hydrogen (secondary N) is 1. The van der Waals surface area contributed by atoms with Crippen LogP contribution in [0.1, 0.15) is 33.7 Å². The summed E-state index contributed by atoms with van der Waals surface area (Å²) in [5.74, 6) is -0.0788. The first kappa shape index (κ1) is 19.6. The molecule has 1 amide bonds. The van der Waals surface area contributed by atoms with E-state index in [-0.39, 0.29) is 5.91 Å². The molecule has 0 aliphatic rings. The fraction of sp³-hybridized carbons (Fsp3) is 0.316. The first-order chi connectivity index (χ1) is 12.9. The largest absolute Gasteiger partial charge is 0.352 e. The molecular weight excluding hydrogens is 430 g/mol. The van der Waals surface area contributed by atoms with Crippen LogP contribution in [0.25, 0.3) is 0 Å². The minimum Gasteiger partial charge on any atom is -0.352 e. The number of halogens is 2. The summed E-state index contributed by atoms with van der Waals surface area (Å²) in [6.45, 7) is 5.75. The number of carbonyl (C=O) groups is 1. The van der Waals surface area contributed by atoms with E-state index in [1.165, 1.54) is 0 Å². The molecule has 3 aromatic rings. The van der Waals surface area contributed by atoms with Gasteiger partial charge in [-0.2, -0.15) is 10.2 Å². The highest BCUT2D eigenvalue weighted by Gasteiger charge is 2.10. The lowest BCUT2D eigenvalue weighted by Gasteiger charge is -2.08. The summed E-state index contributed by atoms with van der Waals surface area (Å²) in [6, 6.07) is 7.59. The molecule has 142 valence electrons. The van der Waals surface area contributed by atoms with Crippen molar-refractivity contribution >= 4 is 33.4 Å². The quantitative estimate of drug-likeness (QED) is 0.554. The number of nitrogens with zero attached hydrogens (tertiary/aromatic N) is 4. The van der Waals surface area contributed by atoms with Gasteiger partial charge in [-0.1, -0.05) is 23.7 Å². The van der Waals surface area contributed by atoms with Gasteiger partial charge in [0.2, 0.25) is 0 Å². The van der Waals surface area contributed by atoms with Gasteiger partial charge in [0, 0.05) is 24.8 Å². The summed E-state index contributed by atoms with van der Waals surface area (Å²) in [7, 11) is 0. The highest BCUT2D eigenvalue weighted by molar-refractivity contribution is 9.10. The van der Waals surface area contributed by atoms with E-state index in [4.69, 9.17) is 11.6 Å². The van der Waals surface area contributed by atoms with Crippen molar-refractivity contribution in [2.45, 2.75) is 33.4 Å². The Balaban J connectivity index is 1.52. The Kier molecular flexibility index (Phi) is 6.34. The molecule has 0 aliphatic carbocycles. The topological polar surface area (TPSA) is 64.7 Å². The van der Waals surface area contributed by atoms with E-state index in [1.807, 2.05) is 53.7 Å². The van der Waals surface area contributed by atoms with Crippen molar-refractivity contribution in [1.82, 2.24) is 24.9 Å². The summed E-state index contributed by atoms with van der Waals surface area (Å²) < 4.78 is 4.63. The van der Waals surface area contributed by atoms with Gasteiger partial charge in [-0.3, -0.25) is 14.2 Å². The first-order valence-corrected chi connectivity index (χ1v) is 9.85. The highest BCUT2D eigenvalue weighted by Crippen LogP contribution is 2.18. The van der Waals surface area contributed by atoms with Crippen LogP contribution in [0.15, 0.2) is 41.1 Å². The normalized spacial score (nSPS) is 11.0. The van der Waals surface area contributed by atoms with E-state index >= 15 is 0 Å². The Labute approximate surface area is 171 Å². The molecule has 0 radical (unpaired) electrons. The Hall–Kier alpha value is -2.12. The van der Waals surface area contributed by atoms with Crippen LogP contribution in [0.4, 0.5) is 0 Å². The first-order valence-electron chi connectivity index (χ1n) is 8.68. The zero-order chi connectivity index (χ0) is 19.4. The van der Waals surface area contributed by atoms with Crippen LogP contribution in [0.5, 0.6) is 0 Å². The van der Waals surface area contributed by atoms with Gasteiger partial charge in [-0.15, -0.1) is 0 Å². The molecule has 2 aromatic heterocycles. The molecule has 27 heavy (non-hydrogen) atoms. The fourth-order valence-electron chi connectivity index (χ4n) is 2.85. The summed E-state index contributed by atoms with van der Waals surface area (Å²) in [5, 5.41) is 12.3. The lowest BCUT2D eigenvalue weighted by molar-refractivity contribution is 0.0952. The van der Waals surface area contributed by atoms with Gasteiger partial charge >= 0.3 is 0 Å². The van der Waals surface area contributed by atoms with Crippen molar-refractivity contribution in [1.29, 1.82) is 0 Å². The molecular formula is C19H21BrClN5O. The van der Waals surface area contributed by atoms with Crippen LogP contribution in [-0.4, -0.2) is 32.0 Å². The fourth-order valence-corrected chi connectivity index (χ4v) is 3.31. The van der Waals surface area contributed by atoms with E-state index in [0.29, 0.717) is 30.2 Å². The number of hydrogen-bond donors (Lipinski definition) is 1. The van der Waals surface area contributed by atoms with Gasteiger partial charge in [0.25, 0.3) is 5.91 Å². The maximum Gasteiger partial charge on any atom is 0.251 e. The standard InChI is InChI=1S/C19H21BrClN5O/c1-13-18(21)14(2)26(24-13)8-4-7-22-19(27)16-6-3-5-15(9-16)11-25-12-17(20)10-23-25/h3,5-6,9-10,12H,4,7-8,11H2,1-2H3,(H,22,27). The molecule has 0 unspecified atom stereocenters. The lowest BCUT2D eigenvalue weighted by Crippen LogP contribution is -2.25. The number of aromatic nitrogens is 4. The molecule has 0 bridgehead atoms. The second kappa shape index (κ2) is 8.71. The van der Waals surface area contributed by atoms with Crippen molar-refractivity contribution in [3.8, 4) is 0 Å². The molecule has 1 N–H and O–H groups in total. The average Bonchev–Trinajstić information content (AvgIpc) is 3.17. The van der Waals surface area contributed by atoms with Crippen molar-refractivity contribution in [2.75, 3.05) is 6.54 Å². The molecule has 8 heteroatoms. The van der Waals surface area contributed by atoms with Gasteiger partial charge in [0.1, 0.15) is 0 Å². The maximum absolute atomic E-state index is 12.4. The lowest BCUT2D eigenvalue weighted by atomic mass is 10.1. The van der Waals surface area contributed by atoms with Crippen LogP contribution in [0.2, 0.25) is 5.02 Å². The molecule has 6 nitrogen and oxygen atoms in total.